The molecule has 126 valence electrons. The van der Waals surface area contributed by atoms with Crippen molar-refractivity contribution < 1.29 is 23.1 Å². The van der Waals surface area contributed by atoms with E-state index in [1.807, 2.05) is 24.3 Å². The number of hydrogen-bond acceptors (Lipinski definition) is 2. The van der Waals surface area contributed by atoms with Crippen LogP contribution < -0.4 is 0 Å². The molecule has 0 aromatic heterocycles. The molecule has 0 bridgehead atoms. The fraction of sp³-hybridized carbons (Fsp3) is 0.278. The van der Waals surface area contributed by atoms with E-state index in [9.17, 15) is 23.1 Å². The molecule has 24 heavy (non-hydrogen) atoms. The van der Waals surface area contributed by atoms with Gasteiger partial charge < -0.3 is 5.11 Å². The molecule has 2 aromatic carbocycles. The van der Waals surface area contributed by atoms with Crippen LogP contribution in [0.1, 0.15) is 22.3 Å². The molecule has 0 aliphatic carbocycles. The second kappa shape index (κ2) is 6.28. The summed E-state index contributed by atoms with van der Waals surface area (Å²) < 4.78 is 37.9. The third-order valence-electron chi connectivity index (χ3n) is 4.30. The number of fused-ring (bicyclic) bond motifs is 1. The van der Waals surface area contributed by atoms with Crippen molar-refractivity contribution in [3.63, 3.8) is 0 Å². The Morgan fingerprint density at radius 2 is 1.71 bits per heavy atom. The molecule has 0 amide bonds. The maximum absolute atomic E-state index is 12.6. The highest BCUT2D eigenvalue weighted by Gasteiger charge is 2.32. The van der Waals surface area contributed by atoms with Crippen LogP contribution in [0.15, 0.2) is 48.5 Å². The van der Waals surface area contributed by atoms with Crippen LogP contribution in [0.2, 0.25) is 0 Å². The number of carbonyl (C=O) groups is 1. The van der Waals surface area contributed by atoms with Gasteiger partial charge in [-0.2, -0.15) is 13.2 Å². The number of hydrogen-bond donors (Lipinski definition) is 1. The summed E-state index contributed by atoms with van der Waals surface area (Å²) in [5, 5.41) is 9.47. The summed E-state index contributed by atoms with van der Waals surface area (Å²) in [4.78, 5) is 13.3. The second-order valence-corrected chi connectivity index (χ2v) is 5.93. The van der Waals surface area contributed by atoms with Gasteiger partial charge in [0.15, 0.2) is 0 Å². The zero-order chi connectivity index (χ0) is 17.3. The van der Waals surface area contributed by atoms with Gasteiger partial charge in [-0.15, -0.1) is 0 Å². The number of aliphatic carboxylic acids is 1. The van der Waals surface area contributed by atoms with E-state index in [0.717, 1.165) is 23.3 Å². The van der Waals surface area contributed by atoms with Gasteiger partial charge in [-0.05, 0) is 35.2 Å². The van der Waals surface area contributed by atoms with Crippen LogP contribution in [0.4, 0.5) is 13.2 Å². The van der Waals surface area contributed by atoms with Crippen LogP contribution in [0, 0.1) is 0 Å². The molecule has 0 fully saturated rings. The van der Waals surface area contributed by atoms with E-state index in [1.165, 1.54) is 12.1 Å². The largest absolute Gasteiger partial charge is 0.480 e. The van der Waals surface area contributed by atoms with Gasteiger partial charge in [-0.1, -0.05) is 36.4 Å². The van der Waals surface area contributed by atoms with Crippen molar-refractivity contribution in [1.82, 2.24) is 4.90 Å². The number of halogens is 3. The van der Waals surface area contributed by atoms with Gasteiger partial charge >= 0.3 is 12.1 Å². The normalized spacial score (nSPS) is 18.2. The van der Waals surface area contributed by atoms with Crippen molar-refractivity contribution in [2.24, 2.45) is 0 Å². The lowest BCUT2D eigenvalue weighted by atomic mass is 9.93. The van der Waals surface area contributed by atoms with Gasteiger partial charge in [0.05, 0.1) is 5.56 Å². The Kier molecular flexibility index (Phi) is 4.32. The van der Waals surface area contributed by atoms with Crippen molar-refractivity contribution >= 4 is 5.97 Å². The lowest BCUT2D eigenvalue weighted by Gasteiger charge is -2.34. The van der Waals surface area contributed by atoms with Gasteiger partial charge in [0.25, 0.3) is 0 Å². The van der Waals surface area contributed by atoms with Crippen LogP contribution >= 0.6 is 0 Å². The van der Waals surface area contributed by atoms with E-state index in [2.05, 4.69) is 0 Å². The van der Waals surface area contributed by atoms with Crippen molar-refractivity contribution in [3.05, 3.63) is 70.8 Å². The summed E-state index contributed by atoms with van der Waals surface area (Å²) >= 11 is 0. The molecule has 1 atom stereocenters. The standard InChI is InChI=1S/C18H16F3NO2/c19-18(20,21)15-7-5-12(6-8-15)10-22-11-14-4-2-1-3-13(14)9-16(22)17(23)24/h1-8,16H,9-11H2,(H,23,24)/t16-/m0/s1. The molecule has 0 radical (unpaired) electrons. The first-order chi connectivity index (χ1) is 11.3. The molecule has 0 saturated carbocycles. The molecule has 1 aliphatic rings. The van der Waals surface area contributed by atoms with E-state index < -0.39 is 23.8 Å². The Morgan fingerprint density at radius 3 is 2.29 bits per heavy atom. The van der Waals surface area contributed by atoms with Gasteiger partial charge in [0.2, 0.25) is 0 Å². The number of benzene rings is 2. The molecule has 3 nitrogen and oxygen atoms in total. The van der Waals surface area contributed by atoms with Crippen molar-refractivity contribution in [2.75, 3.05) is 0 Å². The zero-order valence-electron chi connectivity index (χ0n) is 12.8. The van der Waals surface area contributed by atoms with Crippen molar-refractivity contribution in [2.45, 2.75) is 31.7 Å². The quantitative estimate of drug-likeness (QED) is 0.929. The predicted molar refractivity (Wildman–Crippen MR) is 82.3 cm³/mol. The summed E-state index contributed by atoms with van der Waals surface area (Å²) in [6, 6.07) is 11.8. The predicted octanol–water partition coefficient (Wildman–Crippen LogP) is 3.72. The van der Waals surface area contributed by atoms with E-state index >= 15 is 0 Å². The summed E-state index contributed by atoms with van der Waals surface area (Å²) in [5.41, 5.74) is 2.02. The first-order valence-corrected chi connectivity index (χ1v) is 7.54. The Hall–Kier alpha value is -2.34. The van der Waals surface area contributed by atoms with E-state index in [0.29, 0.717) is 25.1 Å². The van der Waals surface area contributed by atoms with Crippen LogP contribution in [0.25, 0.3) is 0 Å². The molecule has 0 unspecified atom stereocenters. The van der Waals surface area contributed by atoms with Gasteiger partial charge in [-0.25, -0.2) is 0 Å². The van der Waals surface area contributed by atoms with Crippen molar-refractivity contribution in [3.8, 4) is 0 Å². The molecule has 3 rings (SSSR count). The summed E-state index contributed by atoms with van der Waals surface area (Å²) in [5.74, 6) is -0.920. The Labute approximate surface area is 137 Å². The van der Waals surface area contributed by atoms with E-state index in [4.69, 9.17) is 0 Å². The fourth-order valence-corrected chi connectivity index (χ4v) is 3.02. The zero-order valence-corrected chi connectivity index (χ0v) is 12.8. The Balaban J connectivity index is 1.81. The fourth-order valence-electron chi connectivity index (χ4n) is 3.02. The second-order valence-electron chi connectivity index (χ2n) is 5.93. The molecule has 2 aromatic rings. The highest BCUT2D eigenvalue weighted by Crippen LogP contribution is 2.30. The number of carboxylic acids is 1. The van der Waals surface area contributed by atoms with Crippen LogP contribution in [0.5, 0.6) is 0 Å². The monoisotopic (exact) mass is 335 g/mol. The molecule has 0 spiro atoms. The maximum Gasteiger partial charge on any atom is 0.416 e. The Morgan fingerprint density at radius 1 is 1.08 bits per heavy atom. The molecule has 0 saturated heterocycles. The smallest absolute Gasteiger partial charge is 0.416 e. The average molecular weight is 335 g/mol. The first-order valence-electron chi connectivity index (χ1n) is 7.54. The highest BCUT2D eigenvalue weighted by molar-refractivity contribution is 5.74. The minimum absolute atomic E-state index is 0.295. The molecular weight excluding hydrogens is 319 g/mol. The van der Waals surface area contributed by atoms with E-state index in [-0.39, 0.29) is 0 Å². The van der Waals surface area contributed by atoms with Gasteiger partial charge in [0.1, 0.15) is 6.04 Å². The highest BCUT2D eigenvalue weighted by atomic mass is 19.4. The molecular formula is C18H16F3NO2. The number of nitrogens with zero attached hydrogens (tertiary/aromatic N) is 1. The lowest BCUT2D eigenvalue weighted by molar-refractivity contribution is -0.144. The number of rotatable bonds is 3. The summed E-state index contributed by atoms with van der Waals surface area (Å²) in [6.07, 6.45) is -3.97. The third kappa shape index (κ3) is 3.43. The first kappa shape index (κ1) is 16.5. The molecule has 1 aliphatic heterocycles. The maximum atomic E-state index is 12.6. The summed E-state index contributed by atoms with van der Waals surface area (Å²) in [7, 11) is 0. The lowest BCUT2D eigenvalue weighted by Crippen LogP contribution is -2.45. The number of alkyl halides is 3. The molecule has 1 N–H and O–H groups in total. The molecule has 6 heteroatoms. The van der Waals surface area contributed by atoms with Gasteiger partial charge in [0, 0.05) is 13.1 Å². The van der Waals surface area contributed by atoms with Crippen LogP contribution in [-0.4, -0.2) is 22.0 Å². The van der Waals surface area contributed by atoms with Gasteiger partial charge in [-0.3, -0.25) is 9.69 Å². The van der Waals surface area contributed by atoms with E-state index in [1.54, 1.807) is 4.90 Å². The van der Waals surface area contributed by atoms with Crippen LogP contribution in [0.3, 0.4) is 0 Å². The average Bonchev–Trinajstić information content (AvgIpc) is 2.53. The Bertz CT molecular complexity index is 741. The molecule has 1 heterocycles. The minimum atomic E-state index is -4.37. The number of carboxylic acid groups (broad SMARTS) is 1. The van der Waals surface area contributed by atoms with Crippen molar-refractivity contribution in [1.29, 1.82) is 0 Å². The SMILES string of the molecule is O=C(O)[C@@H]1Cc2ccccc2CN1Cc1ccc(C(F)(F)F)cc1. The topological polar surface area (TPSA) is 40.5 Å². The minimum Gasteiger partial charge on any atom is -0.480 e. The third-order valence-corrected chi connectivity index (χ3v) is 4.30. The summed E-state index contributed by atoms with van der Waals surface area (Å²) in [6.45, 7) is 0.762. The van der Waals surface area contributed by atoms with Crippen LogP contribution in [-0.2, 0) is 30.5 Å².